The lowest BCUT2D eigenvalue weighted by Crippen LogP contribution is -2.59. The molecule has 0 aliphatic carbocycles. The lowest BCUT2D eigenvalue weighted by atomic mass is 9.76. The van der Waals surface area contributed by atoms with Crippen molar-refractivity contribution in [2.45, 2.75) is 50.2 Å². The Kier molecular flexibility index (Phi) is 8.98. The summed E-state index contributed by atoms with van der Waals surface area (Å²) in [4.78, 5) is 21.8. The quantitative estimate of drug-likeness (QED) is 0.158. The van der Waals surface area contributed by atoms with Crippen LogP contribution in [0.2, 0.25) is 0 Å². The predicted octanol–water partition coefficient (Wildman–Crippen LogP) is 8.09. The van der Waals surface area contributed by atoms with E-state index in [0.29, 0.717) is 19.5 Å². The number of unbranched alkanes of at least 4 members (excludes halogenated alkanes) is 1. The first-order chi connectivity index (χ1) is 23.2. The largest absolute Gasteiger partial charge is 0.332 e. The van der Waals surface area contributed by atoms with Crippen LogP contribution in [0, 0.1) is 0 Å². The summed E-state index contributed by atoms with van der Waals surface area (Å²) in [5.41, 5.74) is 3.57. The van der Waals surface area contributed by atoms with Crippen molar-refractivity contribution in [3.8, 4) is 0 Å². The molecule has 2 heterocycles. The van der Waals surface area contributed by atoms with Gasteiger partial charge >= 0.3 is 0 Å². The highest BCUT2D eigenvalue weighted by molar-refractivity contribution is 6.07. The van der Waals surface area contributed by atoms with Crippen molar-refractivity contribution in [3.05, 3.63) is 174 Å². The number of amides is 1. The molecule has 1 amide bonds. The van der Waals surface area contributed by atoms with Crippen LogP contribution in [0.5, 0.6) is 0 Å². The highest BCUT2D eigenvalue weighted by Gasteiger charge is 2.41. The number of hydrogen-bond donors (Lipinski definition) is 1. The molecule has 2 atom stereocenters. The number of rotatable bonds is 10. The summed E-state index contributed by atoms with van der Waals surface area (Å²) in [7, 11) is 0. The minimum Gasteiger partial charge on any atom is -0.332 e. The molecule has 1 N–H and O–H groups in total. The molecular weight excluding hydrogens is 576 g/mol. The lowest BCUT2D eigenvalue weighted by Gasteiger charge is -2.42. The summed E-state index contributed by atoms with van der Waals surface area (Å²) in [6.07, 6.45) is 7.96. The van der Waals surface area contributed by atoms with Crippen molar-refractivity contribution in [3.63, 3.8) is 0 Å². The Hall–Kier alpha value is -5.00. The maximum absolute atomic E-state index is 14.6. The first kappa shape index (κ1) is 30.6. The van der Waals surface area contributed by atoms with Crippen LogP contribution >= 0.6 is 0 Å². The monoisotopic (exact) mass is 618 g/mol. The SMILES string of the molecule is CCCC[C@H]1CN(C(=O)c2cccc3ccccc23)C(Cc2nccn2C(c2ccccc2)(c2ccccc2)c2ccccc2)CN1. The van der Waals surface area contributed by atoms with Gasteiger partial charge in [-0.15, -0.1) is 0 Å². The van der Waals surface area contributed by atoms with Gasteiger partial charge in [-0.3, -0.25) is 4.79 Å². The van der Waals surface area contributed by atoms with Gasteiger partial charge in [0.25, 0.3) is 5.91 Å². The summed E-state index contributed by atoms with van der Waals surface area (Å²) in [6, 6.07) is 46.6. The van der Waals surface area contributed by atoms with Crippen LogP contribution in [0.25, 0.3) is 10.8 Å². The zero-order chi connectivity index (χ0) is 32.1. The number of carbonyl (C=O) groups is 1. The Morgan fingerprint density at radius 3 is 2.02 bits per heavy atom. The van der Waals surface area contributed by atoms with Crippen molar-refractivity contribution < 1.29 is 4.79 Å². The van der Waals surface area contributed by atoms with E-state index in [2.05, 4.69) is 137 Å². The van der Waals surface area contributed by atoms with E-state index < -0.39 is 5.54 Å². The highest BCUT2D eigenvalue weighted by Crippen LogP contribution is 2.41. The Balaban J connectivity index is 1.33. The standard InChI is InChI=1S/C42H42N4O/c1-2-3-24-36-31-45(41(47)39-26-15-17-32-16-13-14-25-38(32)39)37(30-44-36)29-40-43-27-28-46(40)42(33-18-7-4-8-19-33,34-20-9-5-10-21-34)35-22-11-6-12-23-35/h4-23,25-28,36-37,44H,2-3,24,29-31H2,1H3/t36-,37?/m0/s1. The highest BCUT2D eigenvalue weighted by atomic mass is 16.2. The van der Waals surface area contributed by atoms with Crippen LogP contribution in [0.3, 0.4) is 0 Å². The summed E-state index contributed by atoms with van der Waals surface area (Å²) < 4.78 is 2.34. The van der Waals surface area contributed by atoms with E-state index in [4.69, 9.17) is 4.98 Å². The molecule has 0 radical (unpaired) electrons. The average molecular weight is 619 g/mol. The number of benzene rings is 5. The van der Waals surface area contributed by atoms with Gasteiger partial charge in [0.15, 0.2) is 0 Å². The lowest BCUT2D eigenvalue weighted by molar-refractivity contribution is 0.0575. The van der Waals surface area contributed by atoms with E-state index in [1.807, 2.05) is 30.5 Å². The summed E-state index contributed by atoms with van der Waals surface area (Å²) in [6.45, 7) is 3.62. The van der Waals surface area contributed by atoms with Gasteiger partial charge in [-0.05, 0) is 39.9 Å². The third-order valence-electron chi connectivity index (χ3n) is 9.76. The van der Waals surface area contributed by atoms with E-state index in [-0.39, 0.29) is 18.0 Å². The second-order valence-corrected chi connectivity index (χ2v) is 12.6. The van der Waals surface area contributed by atoms with Gasteiger partial charge in [0.1, 0.15) is 11.4 Å². The van der Waals surface area contributed by atoms with Crippen molar-refractivity contribution in [2.75, 3.05) is 13.1 Å². The fraction of sp³-hybridized carbons (Fsp3) is 0.238. The van der Waals surface area contributed by atoms with Crippen LogP contribution in [0.1, 0.15) is 59.1 Å². The summed E-state index contributed by atoms with van der Waals surface area (Å²) in [5.74, 6) is 1.03. The van der Waals surface area contributed by atoms with Gasteiger partial charge in [-0.2, -0.15) is 0 Å². The van der Waals surface area contributed by atoms with E-state index in [1.54, 1.807) is 0 Å². The van der Waals surface area contributed by atoms with Gasteiger partial charge in [-0.1, -0.05) is 147 Å². The Morgan fingerprint density at radius 1 is 0.787 bits per heavy atom. The van der Waals surface area contributed by atoms with Gasteiger partial charge in [0, 0.05) is 43.5 Å². The smallest absolute Gasteiger partial charge is 0.254 e. The topological polar surface area (TPSA) is 50.2 Å². The second-order valence-electron chi connectivity index (χ2n) is 12.6. The number of nitrogens with zero attached hydrogens (tertiary/aromatic N) is 3. The van der Waals surface area contributed by atoms with Crippen molar-refractivity contribution in [1.82, 2.24) is 19.8 Å². The van der Waals surface area contributed by atoms with Gasteiger partial charge in [0.2, 0.25) is 0 Å². The molecule has 5 nitrogen and oxygen atoms in total. The molecule has 236 valence electrons. The third-order valence-corrected chi connectivity index (χ3v) is 9.76. The van der Waals surface area contributed by atoms with Crippen molar-refractivity contribution >= 4 is 16.7 Å². The van der Waals surface area contributed by atoms with Crippen molar-refractivity contribution in [2.24, 2.45) is 0 Å². The molecule has 0 saturated carbocycles. The Labute approximate surface area is 277 Å². The van der Waals surface area contributed by atoms with Gasteiger partial charge in [0.05, 0.1) is 6.04 Å². The summed E-state index contributed by atoms with van der Waals surface area (Å²) in [5, 5.41) is 5.90. The van der Waals surface area contributed by atoms with Crippen LogP contribution in [0.15, 0.2) is 146 Å². The zero-order valence-corrected chi connectivity index (χ0v) is 27.0. The normalized spacial score (nSPS) is 16.7. The Morgan fingerprint density at radius 2 is 1.38 bits per heavy atom. The predicted molar refractivity (Wildman–Crippen MR) is 191 cm³/mol. The minimum absolute atomic E-state index is 0.0690. The van der Waals surface area contributed by atoms with E-state index in [1.165, 1.54) is 0 Å². The fourth-order valence-corrected chi connectivity index (χ4v) is 7.46. The molecule has 47 heavy (non-hydrogen) atoms. The number of carbonyl (C=O) groups excluding carboxylic acids is 1. The second kappa shape index (κ2) is 13.8. The van der Waals surface area contributed by atoms with Crippen LogP contribution in [-0.2, 0) is 12.0 Å². The summed E-state index contributed by atoms with van der Waals surface area (Å²) >= 11 is 0. The molecule has 1 aliphatic rings. The molecule has 1 saturated heterocycles. The molecule has 5 aromatic carbocycles. The Bertz CT molecular complexity index is 1820. The number of piperazine rings is 1. The van der Waals surface area contributed by atoms with Crippen LogP contribution in [-0.4, -0.2) is 45.5 Å². The number of fused-ring (bicyclic) bond motifs is 1. The molecule has 6 aromatic rings. The van der Waals surface area contributed by atoms with Crippen LogP contribution < -0.4 is 5.32 Å². The number of nitrogens with one attached hydrogen (secondary N) is 1. The molecule has 1 aromatic heterocycles. The van der Waals surface area contributed by atoms with Crippen molar-refractivity contribution in [1.29, 1.82) is 0 Å². The number of aromatic nitrogens is 2. The van der Waals surface area contributed by atoms with Crippen LogP contribution in [0.4, 0.5) is 0 Å². The molecule has 1 fully saturated rings. The molecule has 7 rings (SSSR count). The van der Waals surface area contributed by atoms with Gasteiger partial charge < -0.3 is 14.8 Å². The average Bonchev–Trinajstić information content (AvgIpc) is 3.60. The molecular formula is C42H42N4O. The van der Waals surface area contributed by atoms with E-state index in [9.17, 15) is 4.79 Å². The number of hydrogen-bond acceptors (Lipinski definition) is 3. The fourth-order valence-electron chi connectivity index (χ4n) is 7.46. The first-order valence-corrected chi connectivity index (χ1v) is 16.9. The zero-order valence-electron chi connectivity index (χ0n) is 27.0. The maximum Gasteiger partial charge on any atom is 0.254 e. The molecule has 5 heteroatoms. The molecule has 0 bridgehead atoms. The van der Waals surface area contributed by atoms with E-state index >= 15 is 0 Å². The molecule has 0 spiro atoms. The minimum atomic E-state index is -0.661. The van der Waals surface area contributed by atoms with E-state index in [0.717, 1.165) is 58.1 Å². The number of imidazole rings is 1. The molecule has 1 unspecified atom stereocenters. The molecule has 1 aliphatic heterocycles. The first-order valence-electron chi connectivity index (χ1n) is 16.9. The third kappa shape index (κ3) is 5.88. The van der Waals surface area contributed by atoms with Gasteiger partial charge in [-0.25, -0.2) is 4.98 Å². The maximum atomic E-state index is 14.6.